The number of hydrogen-bond acceptors (Lipinski definition) is 3. The zero-order valence-corrected chi connectivity index (χ0v) is 18.9. The number of hydrogen-bond donors (Lipinski definition) is 0. The molecule has 0 unspecified atom stereocenters. The van der Waals surface area contributed by atoms with Gasteiger partial charge in [-0.05, 0) is 74.7 Å². The molecule has 0 N–H and O–H groups in total. The van der Waals surface area contributed by atoms with Crippen LogP contribution in [0.2, 0.25) is 5.02 Å². The molecule has 0 spiro atoms. The molecule has 1 amide bonds. The molecule has 0 aliphatic carbocycles. The third kappa shape index (κ3) is 4.81. The van der Waals surface area contributed by atoms with E-state index in [1.165, 1.54) is 22.4 Å². The van der Waals surface area contributed by atoms with E-state index in [-0.39, 0.29) is 5.92 Å². The molecule has 2 aromatic rings. The fraction of sp³-hybridized carbons (Fsp3) is 0.480. The zero-order chi connectivity index (χ0) is 21.1. The monoisotopic (exact) mass is 425 g/mol. The number of carbonyl (C=O) groups excluding carboxylic acids is 1. The summed E-state index contributed by atoms with van der Waals surface area (Å²) in [4.78, 5) is 20.1. The van der Waals surface area contributed by atoms with Crippen LogP contribution in [0.3, 0.4) is 0 Å². The Balaban J connectivity index is 1.26. The second-order valence-corrected chi connectivity index (χ2v) is 9.14. The summed E-state index contributed by atoms with van der Waals surface area (Å²) in [6.45, 7) is 10.8. The van der Waals surface area contributed by atoms with Crippen LogP contribution < -0.4 is 4.90 Å². The van der Waals surface area contributed by atoms with E-state index >= 15 is 0 Å². The summed E-state index contributed by atoms with van der Waals surface area (Å²) in [6.07, 6.45) is 1.92. The van der Waals surface area contributed by atoms with Gasteiger partial charge in [0.2, 0.25) is 5.91 Å². The number of carbonyl (C=O) groups is 1. The fourth-order valence-corrected chi connectivity index (χ4v) is 4.82. The molecule has 0 saturated carbocycles. The molecule has 0 atom stereocenters. The summed E-state index contributed by atoms with van der Waals surface area (Å²) in [7, 11) is 0. The van der Waals surface area contributed by atoms with Gasteiger partial charge in [-0.2, -0.15) is 0 Å². The van der Waals surface area contributed by atoms with Crippen molar-refractivity contribution in [1.29, 1.82) is 0 Å². The first-order valence-electron chi connectivity index (χ1n) is 11.1. The maximum Gasteiger partial charge on any atom is 0.225 e. The van der Waals surface area contributed by atoms with Crippen molar-refractivity contribution in [2.45, 2.75) is 33.2 Å². The van der Waals surface area contributed by atoms with Gasteiger partial charge in [-0.1, -0.05) is 35.9 Å². The summed E-state index contributed by atoms with van der Waals surface area (Å²) in [5, 5.41) is 0.778. The first kappa shape index (κ1) is 21.2. The van der Waals surface area contributed by atoms with Gasteiger partial charge < -0.3 is 9.80 Å². The van der Waals surface area contributed by atoms with Crippen LogP contribution in [0.1, 0.15) is 29.5 Å². The van der Waals surface area contributed by atoms with Crippen LogP contribution in [-0.2, 0) is 11.3 Å². The summed E-state index contributed by atoms with van der Waals surface area (Å²) in [5.74, 6) is 0.542. The molecule has 0 bridgehead atoms. The van der Waals surface area contributed by atoms with Gasteiger partial charge in [0.15, 0.2) is 0 Å². The molecule has 2 fully saturated rings. The number of aryl methyl sites for hydroxylation is 1. The summed E-state index contributed by atoms with van der Waals surface area (Å²) < 4.78 is 0. The number of halogens is 1. The Morgan fingerprint density at radius 1 is 0.933 bits per heavy atom. The fourth-order valence-electron chi connectivity index (χ4n) is 4.69. The van der Waals surface area contributed by atoms with E-state index in [0.29, 0.717) is 5.91 Å². The molecular formula is C25H32ClN3O. The number of rotatable bonds is 4. The Hall–Kier alpha value is -2.04. The van der Waals surface area contributed by atoms with Crippen molar-refractivity contribution in [2.75, 3.05) is 44.2 Å². The Kier molecular flexibility index (Phi) is 6.64. The van der Waals surface area contributed by atoms with Gasteiger partial charge in [-0.15, -0.1) is 0 Å². The SMILES string of the molecule is Cc1cccc(N2CCN(C(=O)C3CCN(Cc4ccc(Cl)cc4)CC3)CC2)c1C. The first-order chi connectivity index (χ1) is 14.5. The van der Waals surface area contributed by atoms with Gasteiger partial charge in [0.1, 0.15) is 0 Å². The maximum absolute atomic E-state index is 13.1. The number of nitrogens with zero attached hydrogens (tertiary/aromatic N) is 3. The molecule has 5 heteroatoms. The predicted molar refractivity (Wildman–Crippen MR) is 124 cm³/mol. The smallest absolute Gasteiger partial charge is 0.225 e. The van der Waals surface area contributed by atoms with E-state index < -0.39 is 0 Å². The van der Waals surface area contributed by atoms with E-state index in [9.17, 15) is 4.79 Å². The standard InChI is InChI=1S/C25H32ClN3O/c1-19-4-3-5-24(20(19)2)28-14-16-29(17-15-28)25(30)22-10-12-27(13-11-22)18-21-6-8-23(26)9-7-21/h3-9,22H,10-18H2,1-2H3. The molecular weight excluding hydrogens is 394 g/mol. The van der Waals surface area contributed by atoms with Crippen LogP contribution in [0.25, 0.3) is 0 Å². The maximum atomic E-state index is 13.1. The van der Waals surface area contributed by atoms with Crippen molar-refractivity contribution in [3.05, 3.63) is 64.2 Å². The molecule has 0 aromatic heterocycles. The van der Waals surface area contributed by atoms with Crippen LogP contribution in [0.15, 0.2) is 42.5 Å². The van der Waals surface area contributed by atoms with Crippen molar-refractivity contribution < 1.29 is 4.79 Å². The van der Waals surface area contributed by atoms with E-state index in [4.69, 9.17) is 11.6 Å². The minimum atomic E-state index is 0.179. The topological polar surface area (TPSA) is 26.8 Å². The lowest BCUT2D eigenvalue weighted by Gasteiger charge is -2.40. The summed E-state index contributed by atoms with van der Waals surface area (Å²) in [5.41, 5.74) is 5.28. The molecule has 30 heavy (non-hydrogen) atoms. The van der Waals surface area contributed by atoms with E-state index in [1.54, 1.807) is 0 Å². The average molecular weight is 426 g/mol. The molecule has 2 aliphatic heterocycles. The van der Waals surface area contributed by atoms with Crippen LogP contribution in [0.5, 0.6) is 0 Å². The lowest BCUT2D eigenvalue weighted by Crippen LogP contribution is -2.51. The van der Waals surface area contributed by atoms with Gasteiger partial charge in [-0.3, -0.25) is 9.69 Å². The highest BCUT2D eigenvalue weighted by molar-refractivity contribution is 6.30. The minimum Gasteiger partial charge on any atom is -0.368 e. The highest BCUT2D eigenvalue weighted by atomic mass is 35.5. The van der Waals surface area contributed by atoms with E-state index in [2.05, 4.69) is 58.9 Å². The number of piperidine rings is 1. The number of piperazine rings is 1. The molecule has 0 radical (unpaired) electrons. The molecule has 2 aliphatic rings. The lowest BCUT2D eigenvalue weighted by molar-refractivity contribution is -0.137. The van der Waals surface area contributed by atoms with E-state index in [0.717, 1.165) is 63.7 Å². The van der Waals surface area contributed by atoms with Crippen molar-refractivity contribution in [3.63, 3.8) is 0 Å². The van der Waals surface area contributed by atoms with Crippen molar-refractivity contribution in [2.24, 2.45) is 5.92 Å². The van der Waals surface area contributed by atoms with Gasteiger partial charge in [0, 0.05) is 49.4 Å². The summed E-state index contributed by atoms with van der Waals surface area (Å²) in [6, 6.07) is 14.6. The van der Waals surface area contributed by atoms with Gasteiger partial charge in [0.05, 0.1) is 0 Å². The molecule has 2 heterocycles. The zero-order valence-electron chi connectivity index (χ0n) is 18.1. The Morgan fingerprint density at radius 2 is 1.60 bits per heavy atom. The lowest BCUT2D eigenvalue weighted by atomic mass is 9.94. The van der Waals surface area contributed by atoms with Crippen LogP contribution in [0, 0.1) is 19.8 Å². The van der Waals surface area contributed by atoms with E-state index in [1.807, 2.05) is 12.1 Å². The van der Waals surface area contributed by atoms with Crippen molar-refractivity contribution in [1.82, 2.24) is 9.80 Å². The Labute approximate surface area is 185 Å². The van der Waals surface area contributed by atoms with Gasteiger partial charge in [0.25, 0.3) is 0 Å². The third-order valence-corrected chi connectivity index (χ3v) is 7.02. The second-order valence-electron chi connectivity index (χ2n) is 8.71. The highest BCUT2D eigenvalue weighted by Gasteiger charge is 2.30. The number of likely N-dealkylation sites (tertiary alicyclic amines) is 1. The average Bonchev–Trinajstić information content (AvgIpc) is 2.77. The minimum absolute atomic E-state index is 0.179. The largest absolute Gasteiger partial charge is 0.368 e. The highest BCUT2D eigenvalue weighted by Crippen LogP contribution is 2.26. The quantitative estimate of drug-likeness (QED) is 0.720. The molecule has 160 valence electrons. The van der Waals surface area contributed by atoms with Crippen molar-refractivity contribution in [3.8, 4) is 0 Å². The first-order valence-corrected chi connectivity index (χ1v) is 11.5. The number of amides is 1. The molecule has 2 aromatic carbocycles. The van der Waals surface area contributed by atoms with Crippen LogP contribution in [-0.4, -0.2) is 55.0 Å². The molecule has 4 nitrogen and oxygen atoms in total. The predicted octanol–water partition coefficient (Wildman–Crippen LogP) is 4.52. The molecule has 4 rings (SSSR count). The normalized spacial score (nSPS) is 18.6. The van der Waals surface area contributed by atoms with Gasteiger partial charge >= 0.3 is 0 Å². The van der Waals surface area contributed by atoms with Crippen molar-refractivity contribution >= 4 is 23.2 Å². The second kappa shape index (κ2) is 9.40. The number of benzene rings is 2. The molecule has 2 saturated heterocycles. The Morgan fingerprint density at radius 3 is 2.27 bits per heavy atom. The summed E-state index contributed by atoms with van der Waals surface area (Å²) >= 11 is 5.98. The van der Waals surface area contributed by atoms with Crippen LogP contribution >= 0.6 is 11.6 Å². The number of anilines is 1. The van der Waals surface area contributed by atoms with Gasteiger partial charge in [-0.25, -0.2) is 0 Å². The Bertz CT molecular complexity index is 866. The van der Waals surface area contributed by atoms with Crippen LogP contribution in [0.4, 0.5) is 5.69 Å². The third-order valence-electron chi connectivity index (χ3n) is 6.76.